The number of carbonyl (C=O) groups excluding carboxylic acids is 1. The summed E-state index contributed by atoms with van der Waals surface area (Å²) in [5.41, 5.74) is 8.04. The van der Waals surface area contributed by atoms with Crippen molar-refractivity contribution in [3.05, 3.63) is 76.9 Å². The first kappa shape index (κ1) is 24.6. The number of nitrogens with one attached hydrogen (secondary N) is 1. The van der Waals surface area contributed by atoms with Gasteiger partial charge in [-0.1, -0.05) is 56.3 Å². The summed E-state index contributed by atoms with van der Waals surface area (Å²) in [5, 5.41) is 8.79. The van der Waals surface area contributed by atoms with E-state index >= 15 is 0 Å². The number of rotatable bonds is 6. The lowest BCUT2D eigenvalue weighted by atomic mass is 9.77. The van der Waals surface area contributed by atoms with Crippen molar-refractivity contribution in [1.82, 2.24) is 15.3 Å². The van der Waals surface area contributed by atoms with Gasteiger partial charge in [0.15, 0.2) is 0 Å². The number of hydrogen-bond acceptors (Lipinski definition) is 4. The van der Waals surface area contributed by atoms with Crippen molar-refractivity contribution in [2.45, 2.75) is 72.1 Å². The zero-order valence-electron chi connectivity index (χ0n) is 21.1. The molecule has 2 aromatic rings. The van der Waals surface area contributed by atoms with Crippen LogP contribution < -0.4 is 5.48 Å². The lowest BCUT2D eigenvalue weighted by Gasteiger charge is -2.44. The minimum atomic E-state index is -0.477. The smallest absolute Gasteiger partial charge is 0.274 e. The van der Waals surface area contributed by atoms with Crippen LogP contribution in [0.5, 0.6) is 0 Å². The largest absolute Gasteiger partial charge is 0.296 e. The minimum Gasteiger partial charge on any atom is -0.296 e. The van der Waals surface area contributed by atoms with Crippen LogP contribution in [0.1, 0.15) is 74.0 Å². The van der Waals surface area contributed by atoms with Crippen molar-refractivity contribution in [2.75, 3.05) is 13.1 Å². The Hall–Kier alpha value is -2.47. The average molecular weight is 462 g/mol. The predicted octanol–water partition coefficient (Wildman–Crippen LogP) is 5.49. The van der Waals surface area contributed by atoms with Gasteiger partial charge in [-0.15, -0.1) is 0 Å². The average Bonchev–Trinajstić information content (AvgIpc) is 2.82. The summed E-state index contributed by atoms with van der Waals surface area (Å²) in [4.78, 5) is 16.7. The first-order valence-electron chi connectivity index (χ1n) is 12.5. The van der Waals surface area contributed by atoms with Crippen LogP contribution >= 0.6 is 0 Å². The molecule has 2 N–H and O–H groups in total. The van der Waals surface area contributed by atoms with Gasteiger partial charge in [-0.25, -0.2) is 5.48 Å². The fourth-order valence-corrected chi connectivity index (χ4v) is 5.37. The third kappa shape index (κ3) is 5.96. The van der Waals surface area contributed by atoms with Gasteiger partial charge in [0.1, 0.15) is 0 Å². The fourth-order valence-electron chi connectivity index (χ4n) is 5.37. The summed E-state index contributed by atoms with van der Waals surface area (Å²) >= 11 is 0. The molecule has 5 heteroatoms. The molecule has 0 bridgehead atoms. The van der Waals surface area contributed by atoms with E-state index in [1.54, 1.807) is 17.6 Å². The maximum atomic E-state index is 11.5. The molecule has 182 valence electrons. The van der Waals surface area contributed by atoms with E-state index in [1.165, 1.54) is 41.5 Å². The maximum Gasteiger partial charge on any atom is 0.274 e. The molecular weight excluding hydrogens is 422 g/mol. The van der Waals surface area contributed by atoms with E-state index < -0.39 is 5.91 Å². The van der Waals surface area contributed by atoms with Crippen LogP contribution in [0, 0.1) is 5.41 Å². The van der Waals surface area contributed by atoms with Gasteiger partial charge in [0, 0.05) is 43.8 Å². The molecule has 1 heterocycles. The minimum absolute atomic E-state index is 0.443. The van der Waals surface area contributed by atoms with Gasteiger partial charge in [0.25, 0.3) is 5.91 Å². The number of amides is 1. The van der Waals surface area contributed by atoms with E-state index in [2.05, 4.69) is 67.8 Å². The molecule has 0 radical (unpaired) electrons. The Balaban J connectivity index is 1.33. The van der Waals surface area contributed by atoms with Gasteiger partial charge in [-0.3, -0.25) is 19.8 Å². The number of hydroxylamine groups is 1. The van der Waals surface area contributed by atoms with E-state index in [9.17, 15) is 4.79 Å². The number of allylic oxidation sites excluding steroid dienone is 2. The highest BCUT2D eigenvalue weighted by atomic mass is 16.5. The zero-order valence-corrected chi connectivity index (χ0v) is 21.1. The van der Waals surface area contributed by atoms with Crippen molar-refractivity contribution in [1.29, 1.82) is 0 Å². The Morgan fingerprint density at radius 2 is 1.56 bits per heavy atom. The van der Waals surface area contributed by atoms with Gasteiger partial charge < -0.3 is 0 Å². The van der Waals surface area contributed by atoms with Crippen LogP contribution in [0.4, 0.5) is 0 Å². The third-order valence-corrected chi connectivity index (χ3v) is 7.56. The quantitative estimate of drug-likeness (QED) is 0.441. The molecule has 34 heavy (non-hydrogen) atoms. The molecule has 0 unspecified atom stereocenters. The first-order chi connectivity index (χ1) is 16.2. The van der Waals surface area contributed by atoms with Crippen LogP contribution in [0.15, 0.2) is 54.6 Å². The molecule has 0 saturated carbocycles. The maximum absolute atomic E-state index is 11.5. The van der Waals surface area contributed by atoms with E-state index in [1.807, 2.05) is 12.1 Å². The highest BCUT2D eigenvalue weighted by Crippen LogP contribution is 2.37. The third-order valence-electron chi connectivity index (χ3n) is 7.56. The monoisotopic (exact) mass is 461 g/mol. The van der Waals surface area contributed by atoms with E-state index in [0.717, 1.165) is 26.2 Å². The Morgan fingerprint density at radius 3 is 2.12 bits per heavy atom. The first-order valence-corrected chi connectivity index (χ1v) is 12.5. The lowest BCUT2D eigenvalue weighted by molar-refractivity contribution is 0.0290. The molecule has 2 atom stereocenters. The van der Waals surface area contributed by atoms with Crippen LogP contribution in [-0.4, -0.2) is 46.1 Å². The van der Waals surface area contributed by atoms with Crippen LogP contribution in [0.3, 0.4) is 0 Å². The van der Waals surface area contributed by atoms with Crippen LogP contribution in [-0.2, 0) is 13.1 Å². The molecule has 1 saturated heterocycles. The van der Waals surface area contributed by atoms with Crippen molar-refractivity contribution in [3.8, 4) is 0 Å². The normalized spacial score (nSPS) is 23.4. The molecule has 2 aliphatic rings. The second-order valence-corrected chi connectivity index (χ2v) is 11.0. The topological polar surface area (TPSA) is 55.8 Å². The summed E-state index contributed by atoms with van der Waals surface area (Å²) in [6.45, 7) is 13.2. The number of piperazine rings is 1. The van der Waals surface area contributed by atoms with Gasteiger partial charge >= 0.3 is 0 Å². The Bertz CT molecular complexity index is 999. The van der Waals surface area contributed by atoms with Crippen LogP contribution in [0.25, 0.3) is 5.57 Å². The Morgan fingerprint density at radius 1 is 0.971 bits per heavy atom. The SMILES string of the molecule is C[C@@H]1CN(Cc2ccc(C3=CCC(C)(C)CC3)cc2)C[C@H](C)N1Cc1ccc(C(=O)NO)cc1. The number of benzene rings is 2. The second kappa shape index (κ2) is 10.4. The van der Waals surface area contributed by atoms with E-state index in [-0.39, 0.29) is 0 Å². The van der Waals surface area contributed by atoms with E-state index in [0.29, 0.717) is 23.1 Å². The number of hydrogen-bond donors (Lipinski definition) is 2. The highest BCUT2D eigenvalue weighted by Gasteiger charge is 2.29. The molecule has 2 aromatic carbocycles. The zero-order chi connectivity index (χ0) is 24.3. The molecule has 1 fully saturated rings. The fraction of sp³-hybridized carbons (Fsp3) is 0.483. The van der Waals surface area contributed by atoms with Gasteiger partial charge in [0.05, 0.1) is 0 Å². The number of nitrogens with zero attached hydrogens (tertiary/aromatic N) is 2. The molecule has 1 aliphatic carbocycles. The Kier molecular flexibility index (Phi) is 7.56. The summed E-state index contributed by atoms with van der Waals surface area (Å²) in [6.07, 6.45) is 6.06. The van der Waals surface area contributed by atoms with Gasteiger partial charge in [-0.05, 0) is 72.9 Å². The van der Waals surface area contributed by atoms with Crippen LogP contribution in [0.2, 0.25) is 0 Å². The summed E-state index contributed by atoms with van der Waals surface area (Å²) < 4.78 is 0. The predicted molar refractivity (Wildman–Crippen MR) is 137 cm³/mol. The summed E-state index contributed by atoms with van der Waals surface area (Å²) in [7, 11) is 0. The molecule has 1 aliphatic heterocycles. The number of carbonyl (C=O) groups is 1. The lowest BCUT2D eigenvalue weighted by Crippen LogP contribution is -2.55. The van der Waals surface area contributed by atoms with Crippen molar-refractivity contribution < 1.29 is 10.0 Å². The highest BCUT2D eigenvalue weighted by molar-refractivity contribution is 5.93. The standard InChI is InChI=1S/C29H39N3O2/c1-21-17-31(18-22(2)32(21)20-24-7-11-27(12-8-24)28(33)30-34)19-23-5-9-25(10-6-23)26-13-15-29(3,4)16-14-26/h5-13,21-22,34H,14-20H2,1-4H3,(H,30,33)/t21-,22+. The summed E-state index contributed by atoms with van der Waals surface area (Å²) in [6, 6.07) is 17.6. The van der Waals surface area contributed by atoms with Gasteiger partial charge in [0.2, 0.25) is 0 Å². The molecule has 0 spiro atoms. The molecule has 5 nitrogen and oxygen atoms in total. The van der Waals surface area contributed by atoms with Crippen molar-refractivity contribution >= 4 is 11.5 Å². The van der Waals surface area contributed by atoms with Crippen molar-refractivity contribution in [3.63, 3.8) is 0 Å². The van der Waals surface area contributed by atoms with E-state index in [4.69, 9.17) is 5.21 Å². The second-order valence-electron chi connectivity index (χ2n) is 11.0. The van der Waals surface area contributed by atoms with Crippen molar-refractivity contribution in [2.24, 2.45) is 5.41 Å². The molecule has 1 amide bonds. The summed E-state index contributed by atoms with van der Waals surface area (Å²) in [5.74, 6) is -0.477. The van der Waals surface area contributed by atoms with Gasteiger partial charge in [-0.2, -0.15) is 0 Å². The Labute approximate surface area is 204 Å². The molecular formula is C29H39N3O2. The molecule has 0 aromatic heterocycles. The molecule has 4 rings (SSSR count).